The second-order valence-corrected chi connectivity index (χ2v) is 17.1. The number of hydrogen-bond acceptors (Lipinski definition) is 6. The summed E-state index contributed by atoms with van der Waals surface area (Å²) < 4.78 is 16.8. The number of esters is 3. The maximum absolute atomic E-state index is 12.7. The van der Waals surface area contributed by atoms with Gasteiger partial charge in [0.2, 0.25) is 0 Å². The zero-order valence-electron chi connectivity index (χ0n) is 38.4. The Balaban J connectivity index is 4.30. The molecule has 0 fully saturated rings. The molecule has 1 atom stereocenters. The second-order valence-electron chi connectivity index (χ2n) is 17.1. The first-order chi connectivity index (χ1) is 28.0. The Kier molecular flexibility index (Phi) is 45.3. The number of unbranched alkanes of at least 4 members (excludes halogenated alkanes) is 33. The van der Waals surface area contributed by atoms with Crippen molar-refractivity contribution in [3.63, 3.8) is 0 Å². The maximum Gasteiger partial charge on any atom is 0.306 e. The quantitative estimate of drug-likeness (QED) is 0.0264. The van der Waals surface area contributed by atoms with E-state index in [9.17, 15) is 14.4 Å². The predicted octanol–water partition coefficient (Wildman–Crippen LogP) is 16.2. The summed E-state index contributed by atoms with van der Waals surface area (Å²) in [6, 6.07) is 0. The number of carbonyl (C=O) groups excluding carboxylic acids is 3. The lowest BCUT2D eigenvalue weighted by Crippen LogP contribution is -2.30. The molecule has 336 valence electrons. The normalized spacial score (nSPS) is 12.0. The third-order valence-corrected chi connectivity index (χ3v) is 11.3. The van der Waals surface area contributed by atoms with Gasteiger partial charge in [-0.2, -0.15) is 0 Å². The molecule has 0 spiro atoms. The first-order valence-electron chi connectivity index (χ1n) is 25.2. The summed E-state index contributed by atoms with van der Waals surface area (Å²) in [5.41, 5.74) is 0. The van der Waals surface area contributed by atoms with Gasteiger partial charge < -0.3 is 14.2 Å². The highest BCUT2D eigenvalue weighted by atomic mass is 16.6. The van der Waals surface area contributed by atoms with Crippen molar-refractivity contribution >= 4 is 17.9 Å². The standard InChI is InChI=1S/C51H96O6/c1-4-7-10-13-16-19-22-24-25-26-27-30-32-35-38-41-44-50(53)56-47-48(46-55-49(52)43-40-37-34-31-28-21-18-15-12-9-6-3)57-51(54)45-42-39-36-33-29-23-20-17-14-11-8-5-2/h15,18,48H,4-14,16-17,19-47H2,1-3H3/b18-15-/t48-/m1/s1. The average Bonchev–Trinajstić information content (AvgIpc) is 3.21. The van der Waals surface area contributed by atoms with Gasteiger partial charge in [-0.3, -0.25) is 14.4 Å². The molecule has 0 rings (SSSR count). The first kappa shape index (κ1) is 55.2. The Morgan fingerprint density at radius 3 is 0.930 bits per heavy atom. The highest BCUT2D eigenvalue weighted by Crippen LogP contribution is 2.16. The van der Waals surface area contributed by atoms with E-state index in [4.69, 9.17) is 14.2 Å². The van der Waals surface area contributed by atoms with E-state index >= 15 is 0 Å². The molecule has 0 aliphatic carbocycles. The van der Waals surface area contributed by atoms with Crippen LogP contribution in [-0.4, -0.2) is 37.2 Å². The molecular formula is C51H96O6. The summed E-state index contributed by atoms with van der Waals surface area (Å²) in [4.78, 5) is 37.8. The van der Waals surface area contributed by atoms with E-state index in [0.29, 0.717) is 19.3 Å². The van der Waals surface area contributed by atoms with Crippen LogP contribution in [0.25, 0.3) is 0 Å². The van der Waals surface area contributed by atoms with Gasteiger partial charge in [-0.25, -0.2) is 0 Å². The topological polar surface area (TPSA) is 78.9 Å². The minimum atomic E-state index is -0.765. The van der Waals surface area contributed by atoms with Crippen LogP contribution in [0.4, 0.5) is 0 Å². The van der Waals surface area contributed by atoms with Crippen LogP contribution in [0.1, 0.15) is 278 Å². The molecule has 57 heavy (non-hydrogen) atoms. The Labute approximate surface area is 354 Å². The molecule has 0 radical (unpaired) electrons. The largest absolute Gasteiger partial charge is 0.462 e. The molecule has 0 aromatic rings. The molecule has 6 heteroatoms. The number of ether oxygens (including phenoxy) is 3. The molecule has 0 aromatic carbocycles. The summed E-state index contributed by atoms with van der Waals surface area (Å²) in [6.45, 7) is 6.62. The Hall–Kier alpha value is -1.85. The fraction of sp³-hybridized carbons (Fsp3) is 0.902. The average molecular weight is 805 g/mol. The van der Waals surface area contributed by atoms with Crippen LogP contribution >= 0.6 is 0 Å². The van der Waals surface area contributed by atoms with Crippen LogP contribution in [0.15, 0.2) is 12.2 Å². The van der Waals surface area contributed by atoms with Crippen molar-refractivity contribution in [2.45, 2.75) is 284 Å². The zero-order valence-corrected chi connectivity index (χ0v) is 38.4. The minimum absolute atomic E-state index is 0.0674. The molecule has 0 amide bonds. The first-order valence-corrected chi connectivity index (χ1v) is 25.2. The van der Waals surface area contributed by atoms with Crippen molar-refractivity contribution in [1.82, 2.24) is 0 Å². The lowest BCUT2D eigenvalue weighted by atomic mass is 10.0. The van der Waals surface area contributed by atoms with E-state index < -0.39 is 6.10 Å². The summed E-state index contributed by atoms with van der Waals surface area (Å²) in [7, 11) is 0. The van der Waals surface area contributed by atoms with Gasteiger partial charge in [-0.05, 0) is 38.5 Å². The molecule has 6 nitrogen and oxygen atoms in total. The fourth-order valence-electron chi connectivity index (χ4n) is 7.42. The van der Waals surface area contributed by atoms with E-state index in [2.05, 4.69) is 32.9 Å². The minimum Gasteiger partial charge on any atom is -0.462 e. The van der Waals surface area contributed by atoms with Crippen molar-refractivity contribution in [3.8, 4) is 0 Å². The third-order valence-electron chi connectivity index (χ3n) is 11.3. The third kappa shape index (κ3) is 45.1. The molecule has 0 aliphatic heterocycles. The van der Waals surface area contributed by atoms with Gasteiger partial charge in [0.05, 0.1) is 0 Å². The van der Waals surface area contributed by atoms with Crippen molar-refractivity contribution in [2.24, 2.45) is 0 Å². The molecular weight excluding hydrogens is 709 g/mol. The summed E-state index contributed by atoms with van der Waals surface area (Å²) in [5.74, 6) is -0.863. The number of allylic oxidation sites excluding steroid dienone is 2. The molecule has 0 bridgehead atoms. The van der Waals surface area contributed by atoms with Crippen LogP contribution in [0.2, 0.25) is 0 Å². The van der Waals surface area contributed by atoms with Gasteiger partial charge in [0.15, 0.2) is 6.10 Å². The van der Waals surface area contributed by atoms with Gasteiger partial charge in [-0.1, -0.05) is 232 Å². The molecule has 0 heterocycles. The van der Waals surface area contributed by atoms with Gasteiger partial charge in [0.1, 0.15) is 13.2 Å². The van der Waals surface area contributed by atoms with E-state index in [0.717, 1.165) is 64.2 Å². The smallest absolute Gasteiger partial charge is 0.306 e. The monoisotopic (exact) mass is 805 g/mol. The van der Waals surface area contributed by atoms with E-state index in [1.807, 2.05) is 0 Å². The van der Waals surface area contributed by atoms with Gasteiger partial charge in [-0.15, -0.1) is 0 Å². The van der Waals surface area contributed by atoms with Gasteiger partial charge in [0, 0.05) is 19.3 Å². The predicted molar refractivity (Wildman–Crippen MR) is 243 cm³/mol. The SMILES string of the molecule is CCCC/C=C\CCCCCCCC(=O)OC[C@H](COC(=O)CCCCCCCCCCCCCCCCCC)OC(=O)CCCCCCCCCCCCCC. The summed E-state index contributed by atoms with van der Waals surface area (Å²) >= 11 is 0. The van der Waals surface area contributed by atoms with Crippen molar-refractivity contribution in [1.29, 1.82) is 0 Å². The lowest BCUT2D eigenvalue weighted by molar-refractivity contribution is -0.167. The zero-order chi connectivity index (χ0) is 41.5. The molecule has 0 aliphatic rings. The van der Waals surface area contributed by atoms with Crippen molar-refractivity contribution < 1.29 is 28.6 Å². The van der Waals surface area contributed by atoms with Crippen LogP contribution in [-0.2, 0) is 28.6 Å². The van der Waals surface area contributed by atoms with Crippen LogP contribution in [0.3, 0.4) is 0 Å². The van der Waals surface area contributed by atoms with Crippen LogP contribution < -0.4 is 0 Å². The summed E-state index contributed by atoms with van der Waals surface area (Å²) in [5, 5.41) is 0. The highest BCUT2D eigenvalue weighted by molar-refractivity contribution is 5.71. The van der Waals surface area contributed by atoms with Crippen molar-refractivity contribution in [3.05, 3.63) is 12.2 Å². The molecule has 0 aromatic heterocycles. The number of hydrogen-bond donors (Lipinski definition) is 0. The fourth-order valence-corrected chi connectivity index (χ4v) is 7.42. The number of carbonyl (C=O) groups is 3. The molecule has 0 N–H and O–H groups in total. The molecule has 0 unspecified atom stereocenters. The lowest BCUT2D eigenvalue weighted by Gasteiger charge is -2.18. The van der Waals surface area contributed by atoms with Gasteiger partial charge >= 0.3 is 17.9 Å². The van der Waals surface area contributed by atoms with E-state index in [-0.39, 0.29) is 31.1 Å². The second kappa shape index (κ2) is 46.8. The Morgan fingerprint density at radius 2 is 0.596 bits per heavy atom. The van der Waals surface area contributed by atoms with Crippen LogP contribution in [0.5, 0.6) is 0 Å². The highest BCUT2D eigenvalue weighted by Gasteiger charge is 2.19. The Morgan fingerprint density at radius 1 is 0.333 bits per heavy atom. The molecule has 0 saturated carbocycles. The summed E-state index contributed by atoms with van der Waals surface area (Å²) in [6.07, 6.45) is 50.5. The van der Waals surface area contributed by atoms with E-state index in [1.165, 1.54) is 173 Å². The van der Waals surface area contributed by atoms with Crippen LogP contribution in [0, 0.1) is 0 Å². The van der Waals surface area contributed by atoms with Crippen molar-refractivity contribution in [2.75, 3.05) is 13.2 Å². The van der Waals surface area contributed by atoms with E-state index in [1.54, 1.807) is 0 Å². The van der Waals surface area contributed by atoms with Gasteiger partial charge in [0.25, 0.3) is 0 Å². The molecule has 0 saturated heterocycles. The Bertz CT molecular complexity index is 885. The number of rotatable bonds is 46. The maximum atomic E-state index is 12.7.